The summed E-state index contributed by atoms with van der Waals surface area (Å²) in [5.74, 6) is -0.0314. The van der Waals surface area contributed by atoms with Gasteiger partial charge in [0.2, 0.25) is 0 Å². The van der Waals surface area contributed by atoms with Crippen molar-refractivity contribution in [2.75, 3.05) is 12.3 Å². The minimum atomic E-state index is -3.45. The standard InChI is InChI=1S/C16H24FNO2S/c1-2-10-18-16(13-6-3-4-7-13)12-21(19,20)15-9-5-8-14(17)11-15/h5,8-9,11,13,16,18H,2-4,6-7,10,12H2,1H3. The van der Waals surface area contributed by atoms with Crippen LogP contribution in [0.1, 0.15) is 39.0 Å². The number of benzene rings is 1. The van der Waals surface area contributed by atoms with E-state index in [-0.39, 0.29) is 16.7 Å². The summed E-state index contributed by atoms with van der Waals surface area (Å²) in [5.41, 5.74) is 0. The Kier molecular flexibility index (Phi) is 5.76. The van der Waals surface area contributed by atoms with Crippen molar-refractivity contribution in [1.29, 1.82) is 0 Å². The zero-order valence-corrected chi connectivity index (χ0v) is 13.3. The van der Waals surface area contributed by atoms with Crippen LogP contribution in [0.3, 0.4) is 0 Å². The van der Waals surface area contributed by atoms with Crippen LogP contribution in [-0.2, 0) is 9.84 Å². The van der Waals surface area contributed by atoms with E-state index in [0.29, 0.717) is 5.92 Å². The lowest BCUT2D eigenvalue weighted by Crippen LogP contribution is -2.41. The molecule has 5 heteroatoms. The van der Waals surface area contributed by atoms with Crippen molar-refractivity contribution >= 4 is 9.84 Å². The van der Waals surface area contributed by atoms with Gasteiger partial charge in [-0.1, -0.05) is 25.8 Å². The van der Waals surface area contributed by atoms with Gasteiger partial charge < -0.3 is 5.32 Å². The fraction of sp³-hybridized carbons (Fsp3) is 0.625. The van der Waals surface area contributed by atoms with Gasteiger partial charge in [0.05, 0.1) is 10.6 Å². The molecule has 0 radical (unpaired) electrons. The Hall–Kier alpha value is -0.940. The van der Waals surface area contributed by atoms with Gasteiger partial charge in [-0.2, -0.15) is 0 Å². The first kappa shape index (κ1) is 16.4. The first-order valence-corrected chi connectivity index (χ1v) is 9.40. The van der Waals surface area contributed by atoms with Crippen LogP contribution in [-0.4, -0.2) is 26.8 Å². The molecule has 0 heterocycles. The average molecular weight is 313 g/mol. The van der Waals surface area contributed by atoms with Gasteiger partial charge in [-0.05, 0) is 49.9 Å². The fourth-order valence-corrected chi connectivity index (χ4v) is 4.68. The molecule has 1 aliphatic rings. The van der Waals surface area contributed by atoms with Gasteiger partial charge in [-0.15, -0.1) is 0 Å². The minimum Gasteiger partial charge on any atom is -0.313 e. The summed E-state index contributed by atoms with van der Waals surface area (Å²) in [6.45, 7) is 2.89. The van der Waals surface area contributed by atoms with Gasteiger partial charge in [0.15, 0.2) is 9.84 Å². The summed E-state index contributed by atoms with van der Waals surface area (Å²) in [4.78, 5) is 0.0868. The SMILES string of the molecule is CCCNC(CS(=O)(=O)c1cccc(F)c1)C1CCCC1. The van der Waals surface area contributed by atoms with E-state index in [1.165, 1.54) is 31.0 Å². The molecule has 1 aliphatic carbocycles. The molecule has 1 atom stereocenters. The third-order valence-electron chi connectivity index (χ3n) is 4.18. The first-order valence-electron chi connectivity index (χ1n) is 7.74. The third-order valence-corrected chi connectivity index (χ3v) is 5.95. The normalized spacial score (nSPS) is 18.0. The smallest absolute Gasteiger partial charge is 0.180 e. The number of sulfone groups is 1. The molecule has 1 aromatic rings. The molecule has 0 bridgehead atoms. The zero-order chi connectivity index (χ0) is 15.3. The highest BCUT2D eigenvalue weighted by Crippen LogP contribution is 2.29. The number of halogens is 1. The quantitative estimate of drug-likeness (QED) is 0.841. The van der Waals surface area contributed by atoms with Gasteiger partial charge in [-0.25, -0.2) is 12.8 Å². The second-order valence-corrected chi connectivity index (χ2v) is 7.88. The van der Waals surface area contributed by atoms with Crippen molar-refractivity contribution in [3.63, 3.8) is 0 Å². The average Bonchev–Trinajstić information content (AvgIpc) is 2.97. The molecule has 0 saturated heterocycles. The summed E-state index contributed by atoms with van der Waals surface area (Å²) < 4.78 is 38.3. The highest BCUT2D eigenvalue weighted by atomic mass is 32.2. The summed E-state index contributed by atoms with van der Waals surface area (Å²) in [5, 5.41) is 3.38. The first-order chi connectivity index (χ1) is 10.0. The van der Waals surface area contributed by atoms with Gasteiger partial charge in [0.1, 0.15) is 5.82 Å². The van der Waals surface area contributed by atoms with Crippen molar-refractivity contribution in [2.24, 2.45) is 5.92 Å². The molecule has 118 valence electrons. The molecule has 1 saturated carbocycles. The Morgan fingerprint density at radius 3 is 2.67 bits per heavy atom. The second-order valence-electron chi connectivity index (χ2n) is 5.84. The topological polar surface area (TPSA) is 46.2 Å². The largest absolute Gasteiger partial charge is 0.313 e. The van der Waals surface area contributed by atoms with Crippen LogP contribution in [0.25, 0.3) is 0 Å². The van der Waals surface area contributed by atoms with Gasteiger partial charge in [0.25, 0.3) is 0 Å². The van der Waals surface area contributed by atoms with Crippen LogP contribution in [0.4, 0.5) is 4.39 Å². The minimum absolute atomic E-state index is 0.0271. The van der Waals surface area contributed by atoms with E-state index < -0.39 is 15.7 Å². The number of hydrogen-bond donors (Lipinski definition) is 1. The van der Waals surface area contributed by atoms with E-state index in [2.05, 4.69) is 12.2 Å². The summed E-state index contributed by atoms with van der Waals surface area (Å²) in [7, 11) is -3.45. The Morgan fingerprint density at radius 1 is 1.33 bits per heavy atom. The number of hydrogen-bond acceptors (Lipinski definition) is 3. The zero-order valence-electron chi connectivity index (χ0n) is 12.5. The molecule has 1 fully saturated rings. The van der Waals surface area contributed by atoms with Crippen LogP contribution in [0.5, 0.6) is 0 Å². The van der Waals surface area contributed by atoms with Gasteiger partial charge in [0, 0.05) is 6.04 Å². The predicted molar refractivity (Wildman–Crippen MR) is 82.5 cm³/mol. The van der Waals surface area contributed by atoms with E-state index in [9.17, 15) is 12.8 Å². The third kappa shape index (κ3) is 4.51. The molecule has 0 aliphatic heterocycles. The number of rotatable bonds is 7. The summed E-state index contributed by atoms with van der Waals surface area (Å²) in [6.07, 6.45) is 5.49. The van der Waals surface area contributed by atoms with Gasteiger partial charge >= 0.3 is 0 Å². The van der Waals surface area contributed by atoms with Crippen LogP contribution >= 0.6 is 0 Å². The Labute approximate surface area is 126 Å². The molecule has 0 spiro atoms. The summed E-state index contributed by atoms with van der Waals surface area (Å²) >= 11 is 0. The molecule has 1 aromatic carbocycles. The Morgan fingerprint density at radius 2 is 2.05 bits per heavy atom. The lowest BCUT2D eigenvalue weighted by Gasteiger charge is -2.24. The fourth-order valence-electron chi connectivity index (χ4n) is 3.04. The Balaban J connectivity index is 2.13. The molecule has 1 N–H and O–H groups in total. The van der Waals surface area contributed by atoms with E-state index in [1.807, 2.05) is 0 Å². The molecule has 0 amide bonds. The van der Waals surface area contributed by atoms with Crippen molar-refractivity contribution in [1.82, 2.24) is 5.32 Å². The molecule has 0 aromatic heterocycles. The van der Waals surface area contributed by atoms with E-state index >= 15 is 0 Å². The second kappa shape index (κ2) is 7.36. The maximum absolute atomic E-state index is 13.3. The van der Waals surface area contributed by atoms with E-state index in [0.717, 1.165) is 31.9 Å². The number of nitrogens with one attached hydrogen (secondary N) is 1. The van der Waals surface area contributed by atoms with Gasteiger partial charge in [-0.3, -0.25) is 0 Å². The summed E-state index contributed by atoms with van der Waals surface area (Å²) in [6, 6.07) is 5.28. The molecular formula is C16H24FNO2S. The van der Waals surface area contributed by atoms with Crippen LogP contribution in [0, 0.1) is 11.7 Å². The predicted octanol–water partition coefficient (Wildman–Crippen LogP) is 3.16. The van der Waals surface area contributed by atoms with Crippen molar-refractivity contribution in [2.45, 2.75) is 50.0 Å². The molecule has 1 unspecified atom stereocenters. The molecular weight excluding hydrogens is 289 g/mol. The van der Waals surface area contributed by atoms with Crippen molar-refractivity contribution in [3.05, 3.63) is 30.1 Å². The lowest BCUT2D eigenvalue weighted by molar-refractivity contribution is 0.382. The van der Waals surface area contributed by atoms with E-state index in [1.54, 1.807) is 0 Å². The van der Waals surface area contributed by atoms with E-state index in [4.69, 9.17) is 0 Å². The molecule has 21 heavy (non-hydrogen) atoms. The van der Waals surface area contributed by atoms with Crippen LogP contribution < -0.4 is 5.32 Å². The Bertz CT molecular complexity index is 553. The molecule has 2 rings (SSSR count). The lowest BCUT2D eigenvalue weighted by atomic mass is 10.00. The maximum atomic E-state index is 13.3. The highest BCUT2D eigenvalue weighted by molar-refractivity contribution is 7.91. The van der Waals surface area contributed by atoms with Crippen molar-refractivity contribution in [3.8, 4) is 0 Å². The molecule has 3 nitrogen and oxygen atoms in total. The maximum Gasteiger partial charge on any atom is 0.180 e. The van der Waals surface area contributed by atoms with Crippen molar-refractivity contribution < 1.29 is 12.8 Å². The monoisotopic (exact) mass is 313 g/mol. The van der Waals surface area contributed by atoms with Crippen LogP contribution in [0.15, 0.2) is 29.2 Å². The van der Waals surface area contributed by atoms with Crippen LogP contribution in [0.2, 0.25) is 0 Å². The highest BCUT2D eigenvalue weighted by Gasteiger charge is 2.29.